The molecule has 0 saturated carbocycles. The van der Waals surface area contributed by atoms with Gasteiger partial charge in [0.2, 0.25) is 5.91 Å². The van der Waals surface area contributed by atoms with Gasteiger partial charge in [0.1, 0.15) is 0 Å². The number of primary amides is 1. The van der Waals surface area contributed by atoms with Crippen LogP contribution in [0.25, 0.3) is 0 Å². The van der Waals surface area contributed by atoms with Gasteiger partial charge in [0.05, 0.1) is 11.6 Å². The fourth-order valence-electron chi connectivity index (χ4n) is 0.950. The van der Waals surface area contributed by atoms with Crippen molar-refractivity contribution in [3.63, 3.8) is 0 Å². The zero-order valence-corrected chi connectivity index (χ0v) is 8.34. The van der Waals surface area contributed by atoms with Crippen molar-refractivity contribution in [2.24, 2.45) is 5.73 Å². The van der Waals surface area contributed by atoms with Gasteiger partial charge in [-0.2, -0.15) is 5.26 Å². The van der Waals surface area contributed by atoms with E-state index in [0.29, 0.717) is 16.5 Å². The Bertz CT molecular complexity index is 382. The molecule has 2 N–H and O–H groups in total. The van der Waals surface area contributed by atoms with Gasteiger partial charge >= 0.3 is 0 Å². The van der Waals surface area contributed by atoms with E-state index in [1.165, 1.54) is 6.07 Å². The number of carbonyl (C=O) groups is 1. The van der Waals surface area contributed by atoms with Crippen molar-refractivity contribution in [2.75, 3.05) is 0 Å². The lowest BCUT2D eigenvalue weighted by atomic mass is 10.1. The van der Waals surface area contributed by atoms with Crippen LogP contribution in [0.15, 0.2) is 18.2 Å². The van der Waals surface area contributed by atoms with E-state index < -0.39 is 5.91 Å². The predicted molar refractivity (Wildman–Crippen MR) is 52.3 cm³/mol. The summed E-state index contributed by atoms with van der Waals surface area (Å²) in [4.78, 5) is 10.8. The van der Waals surface area contributed by atoms with Crippen LogP contribution in [0.3, 0.4) is 0 Å². The molecule has 1 amide bonds. The van der Waals surface area contributed by atoms with E-state index in [1.807, 2.05) is 6.07 Å². The number of nitrogens with two attached hydrogens (primary N) is 1. The molecule has 4 heteroatoms. The molecule has 0 fully saturated rings. The van der Waals surface area contributed by atoms with E-state index in [9.17, 15) is 4.79 Å². The van der Waals surface area contributed by atoms with Crippen LogP contribution in [0, 0.1) is 11.3 Å². The summed E-state index contributed by atoms with van der Waals surface area (Å²) in [7, 11) is 0. The van der Waals surface area contributed by atoms with Gasteiger partial charge in [-0.3, -0.25) is 4.79 Å². The highest BCUT2D eigenvalue weighted by molar-refractivity contribution is 9.08. The second-order valence-electron chi connectivity index (χ2n) is 2.48. The van der Waals surface area contributed by atoms with Crippen LogP contribution in [-0.4, -0.2) is 5.91 Å². The minimum Gasteiger partial charge on any atom is -0.366 e. The van der Waals surface area contributed by atoms with E-state index in [4.69, 9.17) is 11.0 Å². The van der Waals surface area contributed by atoms with Crippen molar-refractivity contribution in [2.45, 2.75) is 5.33 Å². The fourth-order valence-corrected chi connectivity index (χ4v) is 1.44. The highest BCUT2D eigenvalue weighted by atomic mass is 79.9. The molecule has 0 heterocycles. The first-order chi connectivity index (χ1) is 6.19. The summed E-state index contributed by atoms with van der Waals surface area (Å²) in [6.45, 7) is 0. The minimum atomic E-state index is -0.516. The lowest BCUT2D eigenvalue weighted by molar-refractivity contribution is 0.100. The lowest BCUT2D eigenvalue weighted by Crippen LogP contribution is -2.11. The van der Waals surface area contributed by atoms with Gasteiger partial charge in [-0.15, -0.1) is 0 Å². The minimum absolute atomic E-state index is 0.362. The summed E-state index contributed by atoms with van der Waals surface area (Å²) in [5, 5.41) is 9.33. The number of hydrogen-bond donors (Lipinski definition) is 1. The molecule has 0 aliphatic rings. The molecule has 1 aromatic rings. The molecule has 66 valence electrons. The summed E-state index contributed by atoms with van der Waals surface area (Å²) in [6, 6.07) is 6.83. The number of rotatable bonds is 2. The summed E-state index contributed by atoms with van der Waals surface area (Å²) >= 11 is 3.24. The molecular weight excluding hydrogens is 232 g/mol. The number of benzene rings is 1. The molecule has 1 aromatic carbocycles. The largest absolute Gasteiger partial charge is 0.366 e. The first-order valence-corrected chi connectivity index (χ1v) is 4.70. The van der Waals surface area contributed by atoms with E-state index in [-0.39, 0.29) is 0 Å². The molecule has 0 spiro atoms. The van der Waals surface area contributed by atoms with Crippen molar-refractivity contribution < 1.29 is 4.79 Å². The molecular formula is C9H7BrN2O. The van der Waals surface area contributed by atoms with E-state index in [0.717, 1.165) is 5.56 Å². The number of alkyl halides is 1. The van der Waals surface area contributed by atoms with Gasteiger partial charge in [0, 0.05) is 10.9 Å². The lowest BCUT2D eigenvalue weighted by Gasteiger charge is -2.00. The number of amides is 1. The zero-order valence-electron chi connectivity index (χ0n) is 6.75. The number of carbonyl (C=O) groups excluding carboxylic acids is 1. The SMILES string of the molecule is N#Cc1cc(C(N)=O)ccc1CBr. The Morgan fingerprint density at radius 3 is 2.77 bits per heavy atom. The second kappa shape index (κ2) is 4.06. The highest BCUT2D eigenvalue weighted by Gasteiger charge is 2.05. The molecule has 0 bridgehead atoms. The Labute approximate surface area is 84.3 Å². The van der Waals surface area contributed by atoms with Gasteiger partial charge in [-0.25, -0.2) is 0 Å². The summed E-state index contributed by atoms with van der Waals surface area (Å²) in [5.74, 6) is -0.516. The van der Waals surface area contributed by atoms with Crippen molar-refractivity contribution in [1.82, 2.24) is 0 Å². The van der Waals surface area contributed by atoms with Crippen LogP contribution < -0.4 is 5.73 Å². The third kappa shape index (κ3) is 2.07. The van der Waals surface area contributed by atoms with Gasteiger partial charge < -0.3 is 5.73 Å². The molecule has 13 heavy (non-hydrogen) atoms. The Balaban J connectivity index is 3.23. The fraction of sp³-hybridized carbons (Fsp3) is 0.111. The summed E-state index contributed by atoms with van der Waals surface area (Å²) in [6.07, 6.45) is 0. The number of halogens is 1. The van der Waals surface area contributed by atoms with Crippen LogP contribution >= 0.6 is 15.9 Å². The molecule has 0 aliphatic carbocycles. The van der Waals surface area contributed by atoms with Crippen LogP contribution in [-0.2, 0) is 5.33 Å². The Morgan fingerprint density at radius 1 is 1.62 bits per heavy atom. The molecule has 0 saturated heterocycles. The Kier molecular flexibility index (Phi) is 3.04. The average Bonchev–Trinajstić information content (AvgIpc) is 2.16. The maximum absolute atomic E-state index is 10.8. The number of nitriles is 1. The third-order valence-electron chi connectivity index (χ3n) is 1.66. The first-order valence-electron chi connectivity index (χ1n) is 3.58. The number of nitrogens with zero attached hydrogens (tertiary/aromatic N) is 1. The van der Waals surface area contributed by atoms with E-state index in [2.05, 4.69) is 15.9 Å². The first kappa shape index (κ1) is 9.75. The van der Waals surface area contributed by atoms with Gasteiger partial charge in [0.25, 0.3) is 0 Å². The van der Waals surface area contributed by atoms with Gasteiger partial charge in [-0.1, -0.05) is 22.0 Å². The standard InChI is InChI=1S/C9H7BrN2O/c10-4-7-2-1-6(9(12)13)3-8(7)5-11/h1-3H,4H2,(H2,12,13). The normalized spacial score (nSPS) is 9.23. The van der Waals surface area contributed by atoms with E-state index in [1.54, 1.807) is 12.1 Å². The Morgan fingerprint density at radius 2 is 2.31 bits per heavy atom. The van der Waals surface area contributed by atoms with Crippen molar-refractivity contribution in [1.29, 1.82) is 5.26 Å². The van der Waals surface area contributed by atoms with Crippen molar-refractivity contribution in [3.05, 3.63) is 34.9 Å². The second-order valence-corrected chi connectivity index (χ2v) is 3.04. The highest BCUT2D eigenvalue weighted by Crippen LogP contribution is 2.13. The predicted octanol–water partition coefficient (Wildman–Crippen LogP) is 1.55. The molecule has 3 nitrogen and oxygen atoms in total. The van der Waals surface area contributed by atoms with Crippen LogP contribution in [0.4, 0.5) is 0 Å². The average molecular weight is 239 g/mol. The summed E-state index contributed by atoms with van der Waals surface area (Å²) < 4.78 is 0. The van der Waals surface area contributed by atoms with Crippen LogP contribution in [0.1, 0.15) is 21.5 Å². The summed E-state index contributed by atoms with van der Waals surface area (Å²) in [5.41, 5.74) is 6.77. The van der Waals surface area contributed by atoms with Crippen LogP contribution in [0.2, 0.25) is 0 Å². The monoisotopic (exact) mass is 238 g/mol. The van der Waals surface area contributed by atoms with Gasteiger partial charge in [-0.05, 0) is 17.7 Å². The van der Waals surface area contributed by atoms with E-state index >= 15 is 0 Å². The number of hydrogen-bond acceptors (Lipinski definition) is 2. The third-order valence-corrected chi connectivity index (χ3v) is 2.26. The molecule has 0 radical (unpaired) electrons. The zero-order chi connectivity index (χ0) is 9.84. The molecule has 1 rings (SSSR count). The molecule has 0 atom stereocenters. The Hall–Kier alpha value is -1.34. The van der Waals surface area contributed by atoms with Gasteiger partial charge in [0.15, 0.2) is 0 Å². The van der Waals surface area contributed by atoms with Crippen molar-refractivity contribution in [3.8, 4) is 6.07 Å². The molecule has 0 unspecified atom stereocenters. The van der Waals surface area contributed by atoms with Crippen LogP contribution in [0.5, 0.6) is 0 Å². The topological polar surface area (TPSA) is 66.9 Å². The smallest absolute Gasteiger partial charge is 0.248 e. The molecule has 0 aliphatic heterocycles. The maximum atomic E-state index is 10.8. The quantitative estimate of drug-likeness (QED) is 0.795. The maximum Gasteiger partial charge on any atom is 0.248 e. The molecule has 0 aromatic heterocycles. The van der Waals surface area contributed by atoms with Crippen molar-refractivity contribution >= 4 is 21.8 Å².